The van der Waals surface area contributed by atoms with Crippen LogP contribution in [0.3, 0.4) is 0 Å². The maximum Gasteiger partial charge on any atom is 0.260 e. The third-order valence-electron chi connectivity index (χ3n) is 4.98. The number of carbonyl (C=O) groups is 2. The zero-order valence-electron chi connectivity index (χ0n) is 18.0. The van der Waals surface area contributed by atoms with Gasteiger partial charge in [0.15, 0.2) is 6.61 Å². The van der Waals surface area contributed by atoms with Gasteiger partial charge in [0.05, 0.1) is 12.7 Å². The number of para-hydroxylation sites is 1. The van der Waals surface area contributed by atoms with Crippen molar-refractivity contribution in [1.29, 1.82) is 0 Å². The van der Waals surface area contributed by atoms with Crippen molar-refractivity contribution in [2.24, 2.45) is 5.92 Å². The molecule has 6 nitrogen and oxygen atoms in total. The molecule has 31 heavy (non-hydrogen) atoms. The summed E-state index contributed by atoms with van der Waals surface area (Å²) in [6.07, 6.45) is -0.294. The first kappa shape index (κ1) is 22.7. The van der Waals surface area contributed by atoms with Crippen LogP contribution in [-0.2, 0) is 9.53 Å². The summed E-state index contributed by atoms with van der Waals surface area (Å²) in [5, 5.41) is 0. The molecule has 2 amide bonds. The molecule has 1 aliphatic heterocycles. The first-order chi connectivity index (χ1) is 14.9. The largest absolute Gasteiger partial charge is 0.484 e. The van der Waals surface area contributed by atoms with Gasteiger partial charge in [-0.3, -0.25) is 9.59 Å². The average Bonchev–Trinajstić information content (AvgIpc) is 2.77. The topological polar surface area (TPSA) is 59.1 Å². The van der Waals surface area contributed by atoms with Crippen molar-refractivity contribution in [3.8, 4) is 5.75 Å². The van der Waals surface area contributed by atoms with Crippen LogP contribution in [0.1, 0.15) is 24.2 Å². The predicted octanol–water partition coefficient (Wildman–Crippen LogP) is 3.23. The van der Waals surface area contributed by atoms with Crippen LogP contribution in [0.25, 0.3) is 0 Å². The van der Waals surface area contributed by atoms with Crippen LogP contribution < -0.4 is 4.74 Å². The molecule has 1 heterocycles. The average molecular weight is 429 g/mol. The predicted molar refractivity (Wildman–Crippen MR) is 115 cm³/mol. The lowest BCUT2D eigenvalue weighted by atomic mass is 10.1. The van der Waals surface area contributed by atoms with E-state index in [9.17, 15) is 14.0 Å². The number of hydrogen-bond acceptors (Lipinski definition) is 4. The minimum atomic E-state index is -0.380. The highest BCUT2D eigenvalue weighted by Crippen LogP contribution is 2.14. The summed E-state index contributed by atoms with van der Waals surface area (Å²) in [4.78, 5) is 29.0. The summed E-state index contributed by atoms with van der Waals surface area (Å²) in [6, 6.07) is 14.7. The number of halogens is 1. The van der Waals surface area contributed by atoms with Crippen molar-refractivity contribution in [3.05, 3.63) is 66.0 Å². The minimum Gasteiger partial charge on any atom is -0.484 e. The first-order valence-corrected chi connectivity index (χ1v) is 10.5. The van der Waals surface area contributed by atoms with Crippen LogP contribution in [-0.4, -0.2) is 67.1 Å². The quantitative estimate of drug-likeness (QED) is 0.648. The number of amides is 2. The molecule has 0 bridgehead atoms. The fraction of sp³-hybridized carbons (Fsp3) is 0.417. The van der Waals surface area contributed by atoms with Gasteiger partial charge in [-0.1, -0.05) is 32.0 Å². The first-order valence-electron chi connectivity index (χ1n) is 10.5. The monoisotopic (exact) mass is 428 g/mol. The van der Waals surface area contributed by atoms with Gasteiger partial charge in [-0.15, -0.1) is 0 Å². The number of morpholine rings is 1. The minimum absolute atomic E-state index is 0.0407. The molecular formula is C24H29FN2O4. The van der Waals surface area contributed by atoms with Gasteiger partial charge in [0.25, 0.3) is 11.8 Å². The van der Waals surface area contributed by atoms with E-state index in [0.717, 1.165) is 0 Å². The lowest BCUT2D eigenvalue weighted by molar-refractivity contribution is -0.141. The van der Waals surface area contributed by atoms with Crippen LogP contribution in [0.4, 0.5) is 4.39 Å². The highest BCUT2D eigenvalue weighted by Gasteiger charge is 2.28. The van der Waals surface area contributed by atoms with Crippen molar-refractivity contribution in [3.63, 3.8) is 0 Å². The van der Waals surface area contributed by atoms with Crippen LogP contribution in [0.2, 0.25) is 0 Å². The summed E-state index contributed by atoms with van der Waals surface area (Å²) in [5.41, 5.74) is 0.432. The molecule has 1 atom stereocenters. The van der Waals surface area contributed by atoms with Crippen LogP contribution in [0.5, 0.6) is 5.75 Å². The van der Waals surface area contributed by atoms with E-state index in [0.29, 0.717) is 44.1 Å². The number of nitrogens with zero attached hydrogens (tertiary/aromatic N) is 2. The molecule has 166 valence electrons. The summed E-state index contributed by atoms with van der Waals surface area (Å²) in [7, 11) is 0. The highest BCUT2D eigenvalue weighted by atomic mass is 19.1. The van der Waals surface area contributed by atoms with Crippen molar-refractivity contribution in [1.82, 2.24) is 9.80 Å². The Morgan fingerprint density at radius 1 is 1.16 bits per heavy atom. The third kappa shape index (κ3) is 6.79. The zero-order valence-corrected chi connectivity index (χ0v) is 18.0. The van der Waals surface area contributed by atoms with Crippen LogP contribution in [0.15, 0.2) is 54.6 Å². The zero-order chi connectivity index (χ0) is 22.2. The van der Waals surface area contributed by atoms with Crippen LogP contribution in [0, 0.1) is 11.7 Å². The van der Waals surface area contributed by atoms with Crippen molar-refractivity contribution < 1.29 is 23.5 Å². The Labute approximate surface area is 182 Å². The molecular weight excluding hydrogens is 399 g/mol. The summed E-state index contributed by atoms with van der Waals surface area (Å²) in [5.74, 6) is 0.235. The van der Waals surface area contributed by atoms with Gasteiger partial charge in [0.2, 0.25) is 0 Å². The van der Waals surface area contributed by atoms with Gasteiger partial charge in [-0.25, -0.2) is 4.39 Å². The fourth-order valence-corrected chi connectivity index (χ4v) is 3.51. The number of rotatable bonds is 8. The Kier molecular flexibility index (Phi) is 8.00. The van der Waals surface area contributed by atoms with Gasteiger partial charge in [0.1, 0.15) is 11.6 Å². The maximum atomic E-state index is 13.2. The van der Waals surface area contributed by atoms with E-state index in [1.54, 1.807) is 21.9 Å². The Balaban J connectivity index is 1.59. The fourth-order valence-electron chi connectivity index (χ4n) is 3.51. The Bertz CT molecular complexity index is 858. The van der Waals surface area contributed by atoms with Crippen LogP contribution >= 0.6 is 0 Å². The molecule has 0 aromatic heterocycles. The second-order valence-electron chi connectivity index (χ2n) is 8.05. The van der Waals surface area contributed by atoms with E-state index in [4.69, 9.17) is 9.47 Å². The molecule has 3 rings (SSSR count). The molecule has 2 aromatic rings. The summed E-state index contributed by atoms with van der Waals surface area (Å²) >= 11 is 0. The van der Waals surface area contributed by atoms with Gasteiger partial charge in [0, 0.05) is 31.7 Å². The third-order valence-corrected chi connectivity index (χ3v) is 4.98. The van der Waals surface area contributed by atoms with E-state index in [1.165, 1.54) is 24.3 Å². The summed E-state index contributed by atoms with van der Waals surface area (Å²) < 4.78 is 24.6. The van der Waals surface area contributed by atoms with E-state index >= 15 is 0 Å². The molecule has 2 aromatic carbocycles. The van der Waals surface area contributed by atoms with Gasteiger partial charge >= 0.3 is 0 Å². The molecule has 0 N–H and O–H groups in total. The van der Waals surface area contributed by atoms with Crippen molar-refractivity contribution in [2.75, 3.05) is 39.4 Å². The molecule has 1 aliphatic rings. The SMILES string of the molecule is CC(C)CN(CC1CN(C(=O)COc2ccccc2)CCO1)C(=O)c1ccc(F)cc1. The lowest BCUT2D eigenvalue weighted by Crippen LogP contribution is -2.52. The number of benzene rings is 2. The standard InChI is InChI=1S/C24H29FN2O4/c1-18(2)14-27(24(29)19-8-10-20(25)11-9-19)16-22-15-26(12-13-30-22)23(28)17-31-21-6-4-3-5-7-21/h3-11,18,22H,12-17H2,1-2H3. The number of hydrogen-bond donors (Lipinski definition) is 0. The van der Waals surface area contributed by atoms with Crippen molar-refractivity contribution >= 4 is 11.8 Å². The Hall–Kier alpha value is -2.93. The maximum absolute atomic E-state index is 13.2. The van der Waals surface area contributed by atoms with Crippen molar-refractivity contribution in [2.45, 2.75) is 20.0 Å². The molecule has 0 spiro atoms. The Morgan fingerprint density at radius 3 is 2.55 bits per heavy atom. The van der Waals surface area contributed by atoms with E-state index in [2.05, 4.69) is 0 Å². The van der Waals surface area contributed by atoms with Gasteiger partial charge in [-0.2, -0.15) is 0 Å². The highest BCUT2D eigenvalue weighted by molar-refractivity contribution is 5.94. The molecule has 0 radical (unpaired) electrons. The summed E-state index contributed by atoms with van der Waals surface area (Å²) in [6.45, 7) is 6.21. The van der Waals surface area contributed by atoms with E-state index in [-0.39, 0.29) is 36.3 Å². The second-order valence-corrected chi connectivity index (χ2v) is 8.05. The molecule has 1 saturated heterocycles. The molecule has 7 heteroatoms. The van der Waals surface area contributed by atoms with Gasteiger partial charge in [-0.05, 0) is 42.3 Å². The number of carbonyl (C=O) groups excluding carboxylic acids is 2. The molecule has 0 saturated carbocycles. The van der Waals surface area contributed by atoms with E-state index < -0.39 is 0 Å². The van der Waals surface area contributed by atoms with E-state index in [1.807, 2.05) is 32.0 Å². The second kappa shape index (κ2) is 10.9. The van der Waals surface area contributed by atoms with Gasteiger partial charge < -0.3 is 19.3 Å². The lowest BCUT2D eigenvalue weighted by Gasteiger charge is -2.36. The molecule has 1 unspecified atom stereocenters. The Morgan fingerprint density at radius 2 is 1.87 bits per heavy atom. The molecule has 1 fully saturated rings. The number of ether oxygens (including phenoxy) is 2. The smallest absolute Gasteiger partial charge is 0.260 e. The normalized spacial score (nSPS) is 16.3. The molecule has 0 aliphatic carbocycles.